The predicted molar refractivity (Wildman–Crippen MR) is 106 cm³/mol. The van der Waals surface area contributed by atoms with Gasteiger partial charge in [-0.05, 0) is 50.4 Å². The molecule has 1 saturated heterocycles. The molecule has 6 heteroatoms. The molecule has 140 valence electrons. The molecule has 0 radical (unpaired) electrons. The van der Waals surface area contributed by atoms with E-state index in [9.17, 15) is 0 Å². The third-order valence-corrected chi connectivity index (χ3v) is 4.47. The number of unbranched alkanes of at least 4 members (excludes halogenated alkanes) is 1. The Morgan fingerprint density at radius 3 is 2.64 bits per heavy atom. The molecule has 0 saturated carbocycles. The summed E-state index contributed by atoms with van der Waals surface area (Å²) in [4.78, 5) is 7.15. The van der Waals surface area contributed by atoms with Crippen molar-refractivity contribution >= 4 is 17.6 Å². The number of nitrogens with one attached hydrogen (secondary N) is 2. The number of aliphatic imine (C=N–C) groups is 1. The highest BCUT2D eigenvalue weighted by Crippen LogP contribution is 2.09. The third-order valence-electron chi connectivity index (χ3n) is 4.22. The Balaban J connectivity index is 1.62. The lowest BCUT2D eigenvalue weighted by molar-refractivity contribution is 0.0373. The van der Waals surface area contributed by atoms with Gasteiger partial charge in [0.2, 0.25) is 0 Å². The molecule has 0 spiro atoms. The van der Waals surface area contributed by atoms with Crippen LogP contribution >= 0.6 is 11.6 Å². The molecule has 1 aliphatic heterocycles. The van der Waals surface area contributed by atoms with Crippen LogP contribution in [-0.4, -0.2) is 63.3 Å². The molecule has 2 N–H and O–H groups in total. The first-order valence-corrected chi connectivity index (χ1v) is 9.72. The molecule has 0 amide bonds. The van der Waals surface area contributed by atoms with Crippen LogP contribution in [0.5, 0.6) is 0 Å². The van der Waals surface area contributed by atoms with Crippen molar-refractivity contribution in [1.29, 1.82) is 0 Å². The van der Waals surface area contributed by atoms with Crippen LogP contribution < -0.4 is 10.6 Å². The molecule has 2 rings (SSSR count). The number of morpholine rings is 1. The number of nitrogens with zero attached hydrogens (tertiary/aromatic N) is 2. The number of guanidine groups is 1. The molecule has 0 atom stereocenters. The average Bonchev–Trinajstić information content (AvgIpc) is 2.64. The van der Waals surface area contributed by atoms with Crippen LogP contribution in [-0.2, 0) is 11.2 Å². The predicted octanol–water partition coefficient (Wildman–Crippen LogP) is 2.55. The second-order valence-electron chi connectivity index (χ2n) is 6.23. The third kappa shape index (κ3) is 8.56. The largest absolute Gasteiger partial charge is 0.379 e. The van der Waals surface area contributed by atoms with Gasteiger partial charge in [0.25, 0.3) is 0 Å². The van der Waals surface area contributed by atoms with E-state index >= 15 is 0 Å². The van der Waals surface area contributed by atoms with Crippen LogP contribution in [0.3, 0.4) is 0 Å². The second kappa shape index (κ2) is 12.1. The van der Waals surface area contributed by atoms with Gasteiger partial charge in [0.05, 0.1) is 13.2 Å². The number of hydrogen-bond donors (Lipinski definition) is 2. The highest BCUT2D eigenvalue weighted by atomic mass is 35.5. The monoisotopic (exact) mass is 366 g/mol. The standard InChI is InChI=1S/C19H31ClN4O/c1-2-21-19(23-11-9-17-5-7-18(20)8-6-17)22-10-3-4-12-24-13-15-25-16-14-24/h5-8H,2-4,9-16H2,1H3,(H2,21,22,23). The van der Waals surface area contributed by atoms with Gasteiger partial charge in [0.1, 0.15) is 0 Å². The molecule has 1 aliphatic rings. The Bertz CT molecular complexity index is 501. The number of benzene rings is 1. The quantitative estimate of drug-likeness (QED) is 0.400. The van der Waals surface area contributed by atoms with Gasteiger partial charge in [-0.15, -0.1) is 0 Å². The van der Waals surface area contributed by atoms with E-state index in [2.05, 4.69) is 39.6 Å². The molecule has 0 aliphatic carbocycles. The van der Waals surface area contributed by atoms with Crippen molar-refractivity contribution in [3.8, 4) is 0 Å². The number of hydrogen-bond acceptors (Lipinski definition) is 3. The van der Waals surface area contributed by atoms with Gasteiger partial charge in [-0.2, -0.15) is 0 Å². The van der Waals surface area contributed by atoms with Gasteiger partial charge >= 0.3 is 0 Å². The first-order valence-electron chi connectivity index (χ1n) is 9.34. The Morgan fingerprint density at radius 2 is 1.92 bits per heavy atom. The maximum Gasteiger partial charge on any atom is 0.191 e. The Labute approximate surface area is 156 Å². The summed E-state index contributed by atoms with van der Waals surface area (Å²) in [6.45, 7) is 9.73. The zero-order valence-corrected chi connectivity index (χ0v) is 16.0. The zero-order valence-electron chi connectivity index (χ0n) is 15.3. The molecule has 0 unspecified atom stereocenters. The average molecular weight is 367 g/mol. The van der Waals surface area contributed by atoms with Crippen molar-refractivity contribution < 1.29 is 4.74 Å². The van der Waals surface area contributed by atoms with E-state index in [4.69, 9.17) is 16.3 Å². The first-order chi connectivity index (χ1) is 12.3. The van der Waals surface area contributed by atoms with Crippen LogP contribution in [0, 0.1) is 0 Å². The summed E-state index contributed by atoms with van der Waals surface area (Å²) in [6, 6.07) is 8.01. The maximum atomic E-state index is 5.92. The minimum Gasteiger partial charge on any atom is -0.379 e. The normalized spacial score (nSPS) is 16.0. The van der Waals surface area contributed by atoms with Crippen molar-refractivity contribution in [3.05, 3.63) is 34.9 Å². The Hall–Kier alpha value is -1.30. The minimum atomic E-state index is 0.781. The molecule has 0 bridgehead atoms. The van der Waals surface area contributed by atoms with E-state index in [1.54, 1.807) is 0 Å². The van der Waals surface area contributed by atoms with Crippen molar-refractivity contribution in [2.24, 2.45) is 4.99 Å². The summed E-state index contributed by atoms with van der Waals surface area (Å²) in [5, 5.41) is 7.49. The van der Waals surface area contributed by atoms with E-state index in [1.807, 2.05) is 12.1 Å². The summed E-state index contributed by atoms with van der Waals surface area (Å²) in [5.41, 5.74) is 1.28. The second-order valence-corrected chi connectivity index (χ2v) is 6.66. The molecule has 25 heavy (non-hydrogen) atoms. The van der Waals surface area contributed by atoms with E-state index in [-0.39, 0.29) is 0 Å². The minimum absolute atomic E-state index is 0.781. The van der Waals surface area contributed by atoms with Gasteiger partial charge in [-0.25, -0.2) is 0 Å². The lowest BCUT2D eigenvalue weighted by Crippen LogP contribution is -2.38. The van der Waals surface area contributed by atoms with Crippen LogP contribution in [0.2, 0.25) is 5.02 Å². The summed E-state index contributed by atoms with van der Waals surface area (Å²) in [5.74, 6) is 0.905. The van der Waals surface area contributed by atoms with Crippen LogP contribution in [0.25, 0.3) is 0 Å². The van der Waals surface area contributed by atoms with E-state index in [0.29, 0.717) is 0 Å². The fourth-order valence-corrected chi connectivity index (χ4v) is 2.91. The SMILES string of the molecule is CCNC(=NCCCCN1CCOCC1)NCCc1ccc(Cl)cc1. The van der Waals surface area contributed by atoms with Crippen molar-refractivity contribution in [2.75, 3.05) is 52.5 Å². The number of ether oxygens (including phenoxy) is 1. The zero-order chi connectivity index (χ0) is 17.7. The summed E-state index contributed by atoms with van der Waals surface area (Å²) in [6.07, 6.45) is 3.26. The smallest absolute Gasteiger partial charge is 0.191 e. The fourth-order valence-electron chi connectivity index (χ4n) is 2.78. The van der Waals surface area contributed by atoms with E-state index in [1.165, 1.54) is 12.0 Å². The van der Waals surface area contributed by atoms with Crippen LogP contribution in [0.4, 0.5) is 0 Å². The highest BCUT2D eigenvalue weighted by Gasteiger charge is 2.08. The van der Waals surface area contributed by atoms with Crippen molar-refractivity contribution in [1.82, 2.24) is 15.5 Å². The molecule has 1 fully saturated rings. The first kappa shape index (κ1) is 20.0. The maximum absolute atomic E-state index is 5.92. The van der Waals surface area contributed by atoms with Gasteiger partial charge in [0, 0.05) is 37.7 Å². The highest BCUT2D eigenvalue weighted by molar-refractivity contribution is 6.30. The number of halogens is 1. The topological polar surface area (TPSA) is 48.9 Å². The van der Waals surface area contributed by atoms with Gasteiger partial charge in [-0.3, -0.25) is 9.89 Å². The van der Waals surface area contributed by atoms with Crippen LogP contribution in [0.1, 0.15) is 25.3 Å². The molecule has 5 nitrogen and oxygen atoms in total. The Kier molecular flexibility index (Phi) is 9.70. The summed E-state index contributed by atoms with van der Waals surface area (Å²) < 4.78 is 5.37. The van der Waals surface area contributed by atoms with Crippen LogP contribution in [0.15, 0.2) is 29.3 Å². The molecular formula is C19H31ClN4O. The molecule has 0 aromatic heterocycles. The lowest BCUT2D eigenvalue weighted by Gasteiger charge is -2.26. The number of rotatable bonds is 9. The lowest BCUT2D eigenvalue weighted by atomic mass is 10.1. The van der Waals surface area contributed by atoms with Gasteiger partial charge in [0.15, 0.2) is 5.96 Å². The van der Waals surface area contributed by atoms with Crippen molar-refractivity contribution in [3.63, 3.8) is 0 Å². The van der Waals surface area contributed by atoms with E-state index in [0.717, 1.165) is 76.3 Å². The fraction of sp³-hybridized carbons (Fsp3) is 0.632. The summed E-state index contributed by atoms with van der Waals surface area (Å²) in [7, 11) is 0. The molecule has 1 aromatic rings. The molecular weight excluding hydrogens is 336 g/mol. The van der Waals surface area contributed by atoms with E-state index < -0.39 is 0 Å². The summed E-state index contributed by atoms with van der Waals surface area (Å²) >= 11 is 5.92. The Morgan fingerprint density at radius 1 is 1.16 bits per heavy atom. The molecule has 1 aromatic carbocycles. The van der Waals surface area contributed by atoms with Gasteiger partial charge < -0.3 is 15.4 Å². The van der Waals surface area contributed by atoms with Gasteiger partial charge in [-0.1, -0.05) is 23.7 Å². The molecule has 1 heterocycles. The van der Waals surface area contributed by atoms with Crippen molar-refractivity contribution in [2.45, 2.75) is 26.2 Å².